The first-order valence-corrected chi connectivity index (χ1v) is 6.14. The van der Waals surface area contributed by atoms with Crippen molar-refractivity contribution in [1.82, 2.24) is 4.98 Å². The molecular weight excluding hydrogens is 236 g/mol. The number of carbonyl (C=O) groups excluding carboxylic acids is 1. The lowest BCUT2D eigenvalue weighted by Gasteiger charge is -1.98. The van der Waals surface area contributed by atoms with Crippen molar-refractivity contribution in [3.8, 4) is 11.3 Å². The summed E-state index contributed by atoms with van der Waals surface area (Å²) in [6.45, 7) is 2.06. The van der Waals surface area contributed by atoms with Gasteiger partial charge in [-0.3, -0.25) is 4.79 Å². The second-order valence-electron chi connectivity index (χ2n) is 4.68. The molecule has 1 aromatic heterocycles. The van der Waals surface area contributed by atoms with E-state index in [1.165, 1.54) is 5.56 Å². The summed E-state index contributed by atoms with van der Waals surface area (Å²) in [6, 6.07) is 15.7. The molecule has 0 aliphatic heterocycles. The number of fused-ring (bicyclic) bond motifs is 1. The fraction of sp³-hybridized carbons (Fsp3) is 0.0625. The molecule has 0 atom stereocenters. The largest absolute Gasteiger partial charge is 0.366 e. The molecule has 3 aromatic rings. The normalized spacial score (nSPS) is 10.8. The molecule has 0 aliphatic carbocycles. The lowest BCUT2D eigenvalue weighted by Crippen LogP contribution is -2.10. The van der Waals surface area contributed by atoms with E-state index in [0.717, 1.165) is 22.2 Å². The Morgan fingerprint density at radius 2 is 1.89 bits per heavy atom. The molecule has 3 heteroatoms. The number of nitrogens with two attached hydrogens (primary N) is 1. The van der Waals surface area contributed by atoms with Gasteiger partial charge >= 0.3 is 0 Å². The van der Waals surface area contributed by atoms with E-state index in [1.807, 2.05) is 30.3 Å². The summed E-state index contributed by atoms with van der Waals surface area (Å²) in [7, 11) is 0. The molecule has 94 valence electrons. The maximum absolute atomic E-state index is 11.4. The molecule has 0 aliphatic rings. The molecule has 0 bridgehead atoms. The maximum atomic E-state index is 11.4. The summed E-state index contributed by atoms with van der Waals surface area (Å²) in [5.41, 5.74) is 10.2. The number of H-pyrrole nitrogens is 1. The average Bonchev–Trinajstić information content (AvgIpc) is 2.82. The smallest absolute Gasteiger partial charge is 0.249 e. The van der Waals surface area contributed by atoms with Gasteiger partial charge in [0.05, 0.1) is 0 Å². The number of carbonyl (C=O) groups is 1. The van der Waals surface area contributed by atoms with Crippen LogP contribution < -0.4 is 5.73 Å². The minimum atomic E-state index is -0.402. The van der Waals surface area contributed by atoms with Crippen LogP contribution in [0.1, 0.15) is 15.9 Å². The van der Waals surface area contributed by atoms with E-state index in [9.17, 15) is 4.79 Å². The lowest BCUT2D eigenvalue weighted by atomic mass is 10.1. The predicted octanol–water partition coefficient (Wildman–Crippen LogP) is 3.24. The highest BCUT2D eigenvalue weighted by Crippen LogP contribution is 2.26. The van der Waals surface area contributed by atoms with Crippen LogP contribution in [0, 0.1) is 6.92 Å². The number of benzene rings is 2. The monoisotopic (exact) mass is 250 g/mol. The number of amides is 1. The summed E-state index contributed by atoms with van der Waals surface area (Å²) >= 11 is 0. The number of primary amides is 1. The fourth-order valence-electron chi connectivity index (χ4n) is 2.34. The second kappa shape index (κ2) is 4.28. The van der Waals surface area contributed by atoms with E-state index >= 15 is 0 Å². The first kappa shape index (κ1) is 11.5. The van der Waals surface area contributed by atoms with E-state index in [1.54, 1.807) is 6.07 Å². The van der Waals surface area contributed by atoms with Gasteiger partial charge in [-0.05, 0) is 36.8 Å². The third-order valence-corrected chi connectivity index (χ3v) is 3.26. The molecule has 3 rings (SSSR count). The van der Waals surface area contributed by atoms with Gasteiger partial charge in [-0.1, -0.05) is 29.8 Å². The molecule has 3 N–H and O–H groups in total. The number of hydrogen-bond acceptors (Lipinski definition) is 1. The topological polar surface area (TPSA) is 58.9 Å². The van der Waals surface area contributed by atoms with E-state index in [0.29, 0.717) is 5.56 Å². The number of aryl methyl sites for hydroxylation is 1. The van der Waals surface area contributed by atoms with E-state index in [4.69, 9.17) is 5.73 Å². The van der Waals surface area contributed by atoms with Crippen molar-refractivity contribution in [3.05, 3.63) is 59.7 Å². The van der Waals surface area contributed by atoms with Crippen molar-refractivity contribution in [2.45, 2.75) is 6.92 Å². The maximum Gasteiger partial charge on any atom is 0.249 e. The molecule has 1 amide bonds. The van der Waals surface area contributed by atoms with Crippen LogP contribution in [-0.4, -0.2) is 10.9 Å². The van der Waals surface area contributed by atoms with Crippen LogP contribution >= 0.6 is 0 Å². The van der Waals surface area contributed by atoms with Gasteiger partial charge in [0.15, 0.2) is 0 Å². The number of aromatic amines is 1. The van der Waals surface area contributed by atoms with Crippen molar-refractivity contribution in [2.24, 2.45) is 5.73 Å². The third-order valence-electron chi connectivity index (χ3n) is 3.26. The van der Waals surface area contributed by atoms with Crippen LogP contribution in [0.5, 0.6) is 0 Å². The molecule has 2 aromatic carbocycles. The van der Waals surface area contributed by atoms with Gasteiger partial charge in [-0.2, -0.15) is 0 Å². The minimum Gasteiger partial charge on any atom is -0.366 e. The standard InChI is InChI=1S/C16H14N2O/c1-10-4-2-5-11(8-10)15-9-13-12(16(17)19)6-3-7-14(13)18-15/h2-9,18H,1H3,(H2,17,19). The summed E-state index contributed by atoms with van der Waals surface area (Å²) in [6.07, 6.45) is 0. The Hall–Kier alpha value is -2.55. The van der Waals surface area contributed by atoms with Crippen molar-refractivity contribution in [1.29, 1.82) is 0 Å². The zero-order valence-electron chi connectivity index (χ0n) is 10.6. The molecule has 3 nitrogen and oxygen atoms in total. The molecule has 0 radical (unpaired) electrons. The lowest BCUT2D eigenvalue weighted by molar-refractivity contribution is 0.100. The summed E-state index contributed by atoms with van der Waals surface area (Å²) in [5, 5.41) is 0.867. The molecule has 0 spiro atoms. The summed E-state index contributed by atoms with van der Waals surface area (Å²) in [4.78, 5) is 14.7. The van der Waals surface area contributed by atoms with E-state index < -0.39 is 5.91 Å². The van der Waals surface area contributed by atoms with Crippen molar-refractivity contribution < 1.29 is 4.79 Å². The number of rotatable bonds is 2. The van der Waals surface area contributed by atoms with Crippen molar-refractivity contribution >= 4 is 16.8 Å². The van der Waals surface area contributed by atoms with Crippen LogP contribution in [-0.2, 0) is 0 Å². The van der Waals surface area contributed by atoms with Crippen molar-refractivity contribution in [2.75, 3.05) is 0 Å². The first-order chi connectivity index (χ1) is 9.15. The van der Waals surface area contributed by atoms with Gasteiger partial charge in [0.2, 0.25) is 5.91 Å². The Kier molecular flexibility index (Phi) is 2.60. The Morgan fingerprint density at radius 1 is 1.11 bits per heavy atom. The predicted molar refractivity (Wildman–Crippen MR) is 77.0 cm³/mol. The van der Waals surface area contributed by atoms with Gasteiger partial charge in [0, 0.05) is 22.2 Å². The molecule has 0 unspecified atom stereocenters. The average molecular weight is 250 g/mol. The highest BCUT2D eigenvalue weighted by Gasteiger charge is 2.10. The van der Waals surface area contributed by atoms with Gasteiger partial charge in [0.25, 0.3) is 0 Å². The van der Waals surface area contributed by atoms with Crippen LogP contribution in [0.15, 0.2) is 48.5 Å². The van der Waals surface area contributed by atoms with Crippen LogP contribution in [0.3, 0.4) is 0 Å². The molecule has 0 saturated heterocycles. The Balaban J connectivity index is 2.22. The second-order valence-corrected chi connectivity index (χ2v) is 4.68. The van der Waals surface area contributed by atoms with Gasteiger partial charge < -0.3 is 10.7 Å². The van der Waals surface area contributed by atoms with Gasteiger partial charge in [0.1, 0.15) is 0 Å². The molecule has 0 saturated carbocycles. The fourth-order valence-corrected chi connectivity index (χ4v) is 2.34. The zero-order valence-corrected chi connectivity index (χ0v) is 10.6. The van der Waals surface area contributed by atoms with Gasteiger partial charge in [-0.15, -0.1) is 0 Å². The molecule has 19 heavy (non-hydrogen) atoms. The Morgan fingerprint density at radius 3 is 2.63 bits per heavy atom. The van der Waals surface area contributed by atoms with Crippen molar-refractivity contribution in [3.63, 3.8) is 0 Å². The number of hydrogen-bond donors (Lipinski definition) is 2. The van der Waals surface area contributed by atoms with Gasteiger partial charge in [-0.25, -0.2) is 0 Å². The van der Waals surface area contributed by atoms with Crippen LogP contribution in [0.2, 0.25) is 0 Å². The molecule has 0 fully saturated rings. The zero-order chi connectivity index (χ0) is 13.4. The summed E-state index contributed by atoms with van der Waals surface area (Å²) in [5.74, 6) is -0.402. The SMILES string of the molecule is Cc1cccc(-c2cc3c(C(N)=O)cccc3[nH]2)c1. The Bertz CT molecular complexity index is 771. The highest BCUT2D eigenvalue weighted by molar-refractivity contribution is 6.06. The number of aromatic nitrogens is 1. The van der Waals surface area contributed by atoms with E-state index in [2.05, 4.69) is 24.0 Å². The van der Waals surface area contributed by atoms with Crippen LogP contribution in [0.25, 0.3) is 22.2 Å². The number of nitrogens with one attached hydrogen (secondary N) is 1. The van der Waals surface area contributed by atoms with E-state index in [-0.39, 0.29) is 0 Å². The minimum absolute atomic E-state index is 0.402. The molecule has 1 heterocycles. The van der Waals surface area contributed by atoms with Crippen LogP contribution in [0.4, 0.5) is 0 Å². The quantitative estimate of drug-likeness (QED) is 0.720. The Labute approximate surface area is 111 Å². The molecular formula is C16H14N2O. The summed E-state index contributed by atoms with van der Waals surface area (Å²) < 4.78 is 0. The highest BCUT2D eigenvalue weighted by atomic mass is 16.1. The first-order valence-electron chi connectivity index (χ1n) is 6.14. The third kappa shape index (κ3) is 1.99.